The van der Waals surface area contributed by atoms with E-state index in [9.17, 15) is 20.4 Å². The molecular weight excluding hydrogens is 1140 g/mol. The van der Waals surface area contributed by atoms with E-state index in [0.29, 0.717) is 56.0 Å². The fourth-order valence-electron chi connectivity index (χ4n) is 12.6. The molecule has 0 bridgehead atoms. The third-order valence-electron chi connectivity index (χ3n) is 17.7. The van der Waals surface area contributed by atoms with Gasteiger partial charge in [-0.05, 0) is 92.7 Å². The standard InChI is InChI=1S/C51H49NO7.C23H25NO7/c1-2-36-23-25-37(26-24-36)27-45-43-29-44-42(28-46(43)59-52-45)34-57-51(44)50(56-33-41-21-13-6-14-22-41)49(55-32-40-19-11-5-12-20-40)48(54-31-39-17-9-4-10-18-39)47(58-51)35-53-30-38-15-7-3-8-16-38;1-2-12-3-5-13(6-4-12)7-17-15-9-16-14(8-18(15)31-24-17)11-29-23(16)22(28)21(27)20(26)19(10-25)30-23/h3-26,28-29,47-50H,2,27,30-35H2,1H3;3-6,8-9,19-22,25-28H,2,7,10-11H2,1H3/t47-,48-,49+,50-,51+;19-,20-,21+,22-,23+/m11/s1. The third-order valence-corrected chi connectivity index (χ3v) is 17.7. The number of hydrogen-bond donors (Lipinski definition) is 4. The molecule has 90 heavy (non-hydrogen) atoms. The van der Waals surface area contributed by atoms with Crippen molar-refractivity contribution in [1.82, 2.24) is 10.3 Å². The maximum absolute atomic E-state index is 10.8. The Bertz CT molecular complexity index is 3960. The third kappa shape index (κ3) is 12.7. The maximum atomic E-state index is 10.8. The topological polar surface area (TPSA) is 207 Å². The Kier molecular flexibility index (Phi) is 18.6. The van der Waals surface area contributed by atoms with Crippen molar-refractivity contribution in [3.8, 4) is 0 Å². The Morgan fingerprint density at radius 1 is 0.456 bits per heavy atom. The summed E-state index contributed by atoms with van der Waals surface area (Å²) in [6.45, 7) is 5.75. The van der Waals surface area contributed by atoms with Crippen molar-refractivity contribution >= 4 is 21.9 Å². The Morgan fingerprint density at radius 3 is 1.36 bits per heavy atom. The summed E-state index contributed by atoms with van der Waals surface area (Å²) < 4.78 is 65.0. The van der Waals surface area contributed by atoms with Crippen LogP contribution in [-0.4, -0.2) is 92.8 Å². The molecule has 0 saturated carbocycles. The van der Waals surface area contributed by atoms with Crippen molar-refractivity contribution in [3.05, 3.63) is 272 Å². The van der Waals surface area contributed by atoms with Gasteiger partial charge in [-0.25, -0.2) is 0 Å². The zero-order chi connectivity index (χ0) is 61.6. The molecule has 14 rings (SSSR count). The first-order valence-electron chi connectivity index (χ1n) is 31.0. The minimum absolute atomic E-state index is 0.123. The van der Waals surface area contributed by atoms with Crippen LogP contribution in [-0.2, 0) is 115 Å². The Morgan fingerprint density at radius 2 is 0.878 bits per heavy atom. The van der Waals surface area contributed by atoms with Gasteiger partial charge in [0.2, 0.25) is 11.6 Å². The van der Waals surface area contributed by atoms with Gasteiger partial charge in [0.15, 0.2) is 11.2 Å². The van der Waals surface area contributed by atoms with Crippen LogP contribution >= 0.6 is 0 Å². The van der Waals surface area contributed by atoms with E-state index in [1.807, 2.05) is 78.9 Å². The smallest absolute Gasteiger partial charge is 0.226 e. The van der Waals surface area contributed by atoms with E-state index in [0.717, 1.165) is 85.1 Å². The van der Waals surface area contributed by atoms with E-state index in [1.54, 1.807) is 12.1 Å². The Labute approximate surface area is 522 Å². The van der Waals surface area contributed by atoms with Crippen LogP contribution in [0.25, 0.3) is 21.9 Å². The number of aryl methyl sites for hydroxylation is 2. The molecule has 10 aromatic rings. The lowest BCUT2D eigenvalue weighted by atomic mass is 9.86. The highest BCUT2D eigenvalue weighted by atomic mass is 16.8. The molecule has 464 valence electrons. The minimum atomic E-state index is -1.69. The second kappa shape index (κ2) is 27.4. The molecule has 4 aliphatic rings. The van der Waals surface area contributed by atoms with Gasteiger partial charge >= 0.3 is 0 Å². The summed E-state index contributed by atoms with van der Waals surface area (Å²) in [4.78, 5) is 0. The molecular formula is C74H74N2O14. The van der Waals surface area contributed by atoms with E-state index in [2.05, 4.69) is 127 Å². The summed E-state index contributed by atoms with van der Waals surface area (Å²) in [5.41, 5.74) is 14.9. The van der Waals surface area contributed by atoms with Crippen LogP contribution in [0, 0.1) is 0 Å². The molecule has 4 aliphatic heterocycles. The average Bonchev–Trinajstić information content (AvgIpc) is 1.50. The predicted molar refractivity (Wildman–Crippen MR) is 334 cm³/mol. The Balaban J connectivity index is 0.000000201. The fraction of sp³-hybridized carbons (Fsp3) is 0.324. The minimum Gasteiger partial charge on any atom is -0.394 e. The van der Waals surface area contributed by atoms with Gasteiger partial charge < -0.3 is 67.4 Å². The molecule has 0 aliphatic carbocycles. The van der Waals surface area contributed by atoms with Gasteiger partial charge in [0.1, 0.15) is 48.8 Å². The van der Waals surface area contributed by atoms with Crippen LogP contribution in [0.5, 0.6) is 0 Å². The van der Waals surface area contributed by atoms with Gasteiger partial charge in [0.05, 0.1) is 64.2 Å². The Hall–Kier alpha value is -7.78. The lowest BCUT2D eigenvalue weighted by Gasteiger charge is -2.51. The molecule has 16 nitrogen and oxygen atoms in total. The van der Waals surface area contributed by atoms with Crippen molar-refractivity contribution in [2.45, 2.75) is 140 Å². The largest absolute Gasteiger partial charge is 0.394 e. The molecule has 2 fully saturated rings. The lowest BCUT2D eigenvalue weighted by Crippen LogP contribution is -2.65. The fourth-order valence-corrected chi connectivity index (χ4v) is 12.6. The molecule has 8 aromatic carbocycles. The van der Waals surface area contributed by atoms with E-state index >= 15 is 0 Å². The molecule has 0 radical (unpaired) electrons. The summed E-state index contributed by atoms with van der Waals surface area (Å²) in [6, 6.07) is 65.4. The van der Waals surface area contributed by atoms with Gasteiger partial charge in [0.25, 0.3) is 0 Å². The molecule has 10 atom stereocenters. The van der Waals surface area contributed by atoms with Crippen molar-refractivity contribution in [2.24, 2.45) is 0 Å². The number of ether oxygens (including phenoxy) is 8. The van der Waals surface area contributed by atoms with Gasteiger partial charge in [0, 0.05) is 34.7 Å². The van der Waals surface area contributed by atoms with Gasteiger partial charge in [-0.2, -0.15) is 0 Å². The van der Waals surface area contributed by atoms with Crippen molar-refractivity contribution in [1.29, 1.82) is 0 Å². The highest BCUT2D eigenvalue weighted by molar-refractivity contribution is 5.83. The van der Waals surface area contributed by atoms with E-state index in [-0.39, 0.29) is 19.8 Å². The molecule has 0 amide bonds. The van der Waals surface area contributed by atoms with Crippen molar-refractivity contribution < 1.29 is 67.4 Å². The molecule has 0 unspecified atom stereocenters. The monoisotopic (exact) mass is 1210 g/mol. The van der Waals surface area contributed by atoms with Crippen LogP contribution in [0.1, 0.15) is 92.0 Å². The first-order valence-corrected chi connectivity index (χ1v) is 31.0. The summed E-state index contributed by atoms with van der Waals surface area (Å²) in [5, 5.41) is 51.3. The molecule has 2 spiro atoms. The molecule has 6 heterocycles. The van der Waals surface area contributed by atoms with Crippen LogP contribution in [0.3, 0.4) is 0 Å². The quantitative estimate of drug-likeness (QED) is 0.0560. The number of aliphatic hydroxyl groups is 4. The number of aliphatic hydroxyl groups excluding tert-OH is 4. The lowest BCUT2D eigenvalue weighted by molar-refractivity contribution is -0.387. The number of aromatic nitrogens is 2. The number of benzene rings is 8. The van der Waals surface area contributed by atoms with Crippen molar-refractivity contribution in [2.75, 3.05) is 13.2 Å². The zero-order valence-electron chi connectivity index (χ0n) is 50.3. The van der Waals surface area contributed by atoms with Crippen molar-refractivity contribution in [3.63, 3.8) is 0 Å². The highest BCUT2D eigenvalue weighted by Crippen LogP contribution is 2.51. The first kappa shape index (κ1) is 61.1. The first-order chi connectivity index (χ1) is 44.1. The van der Waals surface area contributed by atoms with E-state index in [4.69, 9.17) is 46.9 Å². The van der Waals surface area contributed by atoms with E-state index < -0.39 is 67.0 Å². The molecule has 16 heteroatoms. The SMILES string of the molecule is CCc1ccc(Cc2noc3cc4c(cc23)[C@]2(OC4)O[C@H](CO)[C@@H](O)[C@H](O)[C@H]2O)cc1.CCc1ccc(Cc2noc3cc4c(cc23)[C@]2(OC4)O[C@H](COCc3ccccc3)[C@@H](OCc3ccccc3)[C@H](OCc3ccccc3)[C@H]2OCc2ccccc2)cc1. The summed E-state index contributed by atoms with van der Waals surface area (Å²) in [6.07, 6.45) is -5.08. The zero-order valence-corrected chi connectivity index (χ0v) is 50.3. The van der Waals surface area contributed by atoms with Gasteiger partial charge in [-0.15, -0.1) is 0 Å². The van der Waals surface area contributed by atoms with Crippen LogP contribution in [0.2, 0.25) is 0 Å². The van der Waals surface area contributed by atoms with E-state index in [1.165, 1.54) is 11.1 Å². The number of rotatable bonds is 20. The van der Waals surface area contributed by atoms with Gasteiger partial charge in [-0.1, -0.05) is 194 Å². The predicted octanol–water partition coefficient (Wildman–Crippen LogP) is 11.2. The number of nitrogens with zero attached hydrogens (tertiary/aromatic N) is 2. The number of hydrogen-bond acceptors (Lipinski definition) is 16. The van der Waals surface area contributed by atoms with Crippen LogP contribution in [0.15, 0.2) is 203 Å². The molecule has 2 saturated heterocycles. The highest BCUT2D eigenvalue weighted by Gasteiger charge is 2.62. The number of fused-ring (bicyclic) bond motifs is 6. The second-order valence-electron chi connectivity index (χ2n) is 23.5. The molecule has 4 N–H and O–H groups in total. The second-order valence-corrected chi connectivity index (χ2v) is 23.5. The van der Waals surface area contributed by atoms with Crippen LogP contribution < -0.4 is 0 Å². The summed E-state index contributed by atoms with van der Waals surface area (Å²) in [5.74, 6) is -3.07. The normalized spacial score (nSPS) is 24.3. The van der Waals surface area contributed by atoms with Gasteiger partial charge in [-0.3, -0.25) is 0 Å². The van der Waals surface area contributed by atoms with Crippen LogP contribution in [0.4, 0.5) is 0 Å². The summed E-state index contributed by atoms with van der Waals surface area (Å²) in [7, 11) is 0. The summed E-state index contributed by atoms with van der Waals surface area (Å²) >= 11 is 0. The maximum Gasteiger partial charge on any atom is 0.226 e. The average molecular weight is 1220 g/mol. The molecule has 2 aromatic heterocycles.